The van der Waals surface area contributed by atoms with E-state index in [1.54, 1.807) is 0 Å². The maximum atomic E-state index is 12.3. The quantitative estimate of drug-likeness (QED) is 0.415. The van der Waals surface area contributed by atoms with Gasteiger partial charge in [0.15, 0.2) is 24.4 Å². The van der Waals surface area contributed by atoms with Crippen molar-refractivity contribution < 1.29 is 14.0 Å². The number of quaternary nitrogens is 1. The molecule has 2 aromatic heterocycles. The van der Waals surface area contributed by atoms with Crippen molar-refractivity contribution >= 4 is 28.7 Å². The fraction of sp³-hybridized carbons (Fsp3) is 0.538. The average molecular weight is 345 g/mol. The van der Waals surface area contributed by atoms with Crippen LogP contribution < -0.4 is 11.2 Å². The highest BCUT2D eigenvalue weighted by molar-refractivity contribution is 6.29. The van der Waals surface area contributed by atoms with Gasteiger partial charge < -0.3 is 9.22 Å². The Bertz CT molecular complexity index is 887. The number of rotatable bonds is 4. The largest absolute Gasteiger partial charge is 0.440 e. The number of aryl methyl sites for hydroxylation is 1. The van der Waals surface area contributed by atoms with Gasteiger partial charge in [0.05, 0.1) is 21.1 Å². The molecule has 0 aliphatic carbocycles. The third-order valence-electron chi connectivity index (χ3n) is 3.26. The molecular formula is C13H19ClN5O4+. The number of imidazole rings is 1. The zero-order chi connectivity index (χ0) is 17.5. The monoisotopic (exact) mass is 344 g/mol. The van der Waals surface area contributed by atoms with Crippen LogP contribution in [0.5, 0.6) is 0 Å². The molecule has 0 saturated heterocycles. The van der Waals surface area contributed by atoms with Crippen LogP contribution in [0, 0.1) is 0 Å². The number of halogens is 1. The van der Waals surface area contributed by atoms with E-state index in [2.05, 4.69) is 4.98 Å². The van der Waals surface area contributed by atoms with Crippen LogP contribution in [0.25, 0.3) is 11.2 Å². The van der Waals surface area contributed by atoms with Gasteiger partial charge in [-0.05, 0) is 11.6 Å². The summed E-state index contributed by atoms with van der Waals surface area (Å²) in [6.07, 6.45) is 0. The molecule has 2 aromatic rings. The highest BCUT2D eigenvalue weighted by atomic mass is 35.5. The van der Waals surface area contributed by atoms with E-state index in [1.165, 1.54) is 23.2 Å². The minimum absolute atomic E-state index is 0.0312. The molecule has 0 saturated carbocycles. The van der Waals surface area contributed by atoms with Crippen molar-refractivity contribution in [2.75, 3.05) is 27.7 Å². The second-order valence-electron chi connectivity index (χ2n) is 6.28. The smallest absolute Gasteiger partial charge is 0.363 e. The molecule has 0 bridgehead atoms. The summed E-state index contributed by atoms with van der Waals surface area (Å²) in [6.45, 7) is -0.0810. The van der Waals surface area contributed by atoms with E-state index in [0.717, 1.165) is 4.57 Å². The summed E-state index contributed by atoms with van der Waals surface area (Å²) >= 11 is 6.03. The number of ether oxygens (including phenoxy) is 1. The molecule has 0 fully saturated rings. The summed E-state index contributed by atoms with van der Waals surface area (Å²) in [5.74, 6) is -0.433. The summed E-state index contributed by atoms with van der Waals surface area (Å²) in [7, 11) is 8.41. The lowest BCUT2D eigenvalue weighted by Gasteiger charge is -2.22. The maximum Gasteiger partial charge on any atom is 0.363 e. The van der Waals surface area contributed by atoms with Gasteiger partial charge in [-0.1, -0.05) is 0 Å². The molecule has 2 rings (SSSR count). The predicted molar refractivity (Wildman–Crippen MR) is 84.2 cm³/mol. The van der Waals surface area contributed by atoms with E-state index in [0.29, 0.717) is 4.48 Å². The summed E-state index contributed by atoms with van der Waals surface area (Å²) < 4.78 is 9.01. The molecule has 9 nitrogen and oxygen atoms in total. The number of hydrogen-bond donors (Lipinski definition) is 0. The van der Waals surface area contributed by atoms with Gasteiger partial charge in [-0.3, -0.25) is 18.5 Å². The van der Waals surface area contributed by atoms with Crippen LogP contribution in [0.3, 0.4) is 0 Å². The zero-order valence-electron chi connectivity index (χ0n) is 13.7. The van der Waals surface area contributed by atoms with Crippen molar-refractivity contribution in [3.63, 3.8) is 0 Å². The summed E-state index contributed by atoms with van der Waals surface area (Å²) in [4.78, 5) is 40.0. The normalized spacial score (nSPS) is 11.9. The average Bonchev–Trinajstić information content (AvgIpc) is 2.75. The third-order valence-corrected chi connectivity index (χ3v) is 3.55. The van der Waals surface area contributed by atoms with Gasteiger partial charge in [-0.25, -0.2) is 9.59 Å². The van der Waals surface area contributed by atoms with Crippen LogP contribution >= 0.6 is 11.6 Å². The van der Waals surface area contributed by atoms with E-state index in [4.69, 9.17) is 16.3 Å². The van der Waals surface area contributed by atoms with Crippen LogP contribution in [0.1, 0.15) is 0 Å². The second kappa shape index (κ2) is 5.82. The fourth-order valence-electron chi connectivity index (χ4n) is 2.11. The number of likely N-dealkylation sites (N-methyl/N-ethyl adjacent to an activating group) is 1. The minimum atomic E-state index is -0.551. The van der Waals surface area contributed by atoms with Gasteiger partial charge in [-0.2, -0.15) is 4.98 Å². The van der Waals surface area contributed by atoms with E-state index >= 15 is 0 Å². The van der Waals surface area contributed by atoms with Crippen molar-refractivity contribution in [2.24, 2.45) is 14.1 Å². The van der Waals surface area contributed by atoms with Crippen LogP contribution in [-0.2, 0) is 30.4 Å². The molecule has 0 amide bonds. The van der Waals surface area contributed by atoms with E-state index in [9.17, 15) is 14.4 Å². The number of carbonyl (C=O) groups excluding carboxylic acids is 1. The van der Waals surface area contributed by atoms with Crippen LogP contribution in [0.4, 0.5) is 0 Å². The first kappa shape index (κ1) is 17.2. The molecule has 0 unspecified atom stereocenters. The van der Waals surface area contributed by atoms with E-state index in [1.807, 2.05) is 21.1 Å². The predicted octanol–water partition coefficient (Wildman–Crippen LogP) is -0.706. The van der Waals surface area contributed by atoms with Crippen molar-refractivity contribution in [3.8, 4) is 0 Å². The number of carbonyl (C=O) groups is 1. The lowest BCUT2D eigenvalue weighted by molar-refractivity contribution is -0.862. The maximum absolute atomic E-state index is 12.3. The van der Waals surface area contributed by atoms with Crippen molar-refractivity contribution in [1.29, 1.82) is 0 Å². The zero-order valence-corrected chi connectivity index (χ0v) is 14.4. The topological polar surface area (TPSA) is 88.1 Å². The highest BCUT2D eigenvalue weighted by Crippen LogP contribution is 2.15. The molecule has 2 heterocycles. The Kier molecular flexibility index (Phi) is 4.36. The lowest BCUT2D eigenvalue weighted by atomic mass is 10.5. The first-order chi connectivity index (χ1) is 10.5. The summed E-state index contributed by atoms with van der Waals surface area (Å²) in [6, 6.07) is 0. The Hall–Kier alpha value is -2.13. The van der Waals surface area contributed by atoms with Crippen LogP contribution in [0.15, 0.2) is 9.59 Å². The van der Waals surface area contributed by atoms with Gasteiger partial charge >= 0.3 is 11.7 Å². The third kappa shape index (κ3) is 3.30. The van der Waals surface area contributed by atoms with Crippen molar-refractivity contribution in [2.45, 2.75) is 6.73 Å². The Morgan fingerprint density at radius 3 is 2.39 bits per heavy atom. The minimum Gasteiger partial charge on any atom is -0.440 e. The number of aromatic nitrogens is 4. The standard InChI is InChI=1S/C13H19ClN5O4/c1-16-10-9(11(21)17(2)13(16)22)18(12(14)15-10)7-23-8(20)6-19(3,4)5/h6-7H2,1-5H3/q+1. The van der Waals surface area contributed by atoms with Gasteiger partial charge in [-0.15, -0.1) is 0 Å². The summed E-state index contributed by atoms with van der Waals surface area (Å²) in [5.41, 5.74) is -0.806. The van der Waals surface area contributed by atoms with Gasteiger partial charge in [0.25, 0.3) is 5.56 Å². The second-order valence-corrected chi connectivity index (χ2v) is 6.62. The summed E-state index contributed by atoms with van der Waals surface area (Å²) in [5, 5.41) is -0.0312. The van der Waals surface area contributed by atoms with Crippen molar-refractivity contribution in [1.82, 2.24) is 18.7 Å². The van der Waals surface area contributed by atoms with E-state index < -0.39 is 17.2 Å². The molecule has 0 aliphatic rings. The number of nitrogens with zero attached hydrogens (tertiary/aromatic N) is 5. The van der Waals surface area contributed by atoms with Gasteiger partial charge in [0.1, 0.15) is 0 Å². The molecule has 0 N–H and O–H groups in total. The molecule has 0 aliphatic heterocycles. The van der Waals surface area contributed by atoms with E-state index in [-0.39, 0.29) is 29.7 Å². The number of fused-ring (bicyclic) bond motifs is 1. The molecule has 126 valence electrons. The van der Waals surface area contributed by atoms with Crippen molar-refractivity contribution in [3.05, 3.63) is 26.1 Å². The first-order valence-corrected chi connectivity index (χ1v) is 7.18. The number of hydrogen-bond acceptors (Lipinski definition) is 5. The Morgan fingerprint density at radius 1 is 1.22 bits per heavy atom. The molecule has 0 aromatic carbocycles. The molecule has 10 heteroatoms. The first-order valence-electron chi connectivity index (χ1n) is 6.81. The van der Waals surface area contributed by atoms with Crippen LogP contribution in [0.2, 0.25) is 5.28 Å². The highest BCUT2D eigenvalue weighted by Gasteiger charge is 2.20. The Labute approximate surface area is 136 Å². The van der Waals surface area contributed by atoms with Gasteiger partial charge in [0, 0.05) is 14.1 Å². The molecule has 0 spiro atoms. The molecule has 0 radical (unpaired) electrons. The Balaban J connectivity index is 2.43. The SMILES string of the molecule is Cn1c(=O)c2c(nc(Cl)n2COC(=O)C[N+](C)(C)C)n(C)c1=O. The molecule has 23 heavy (non-hydrogen) atoms. The number of esters is 1. The molecule has 0 atom stereocenters. The Morgan fingerprint density at radius 2 is 1.83 bits per heavy atom. The van der Waals surface area contributed by atoms with Crippen LogP contribution in [-0.4, -0.2) is 56.8 Å². The lowest BCUT2D eigenvalue weighted by Crippen LogP contribution is -2.40. The fourth-order valence-corrected chi connectivity index (χ4v) is 2.32. The van der Waals surface area contributed by atoms with Gasteiger partial charge in [0.2, 0.25) is 5.28 Å². The molecular weight excluding hydrogens is 326 g/mol.